The van der Waals surface area contributed by atoms with Crippen LogP contribution in [0.25, 0.3) is 11.1 Å². The number of amides is 1. The number of rotatable bonds is 6. The summed E-state index contributed by atoms with van der Waals surface area (Å²) in [6, 6.07) is 23.7. The molecule has 0 aliphatic carbocycles. The van der Waals surface area contributed by atoms with Crippen LogP contribution in [-0.2, 0) is 0 Å². The van der Waals surface area contributed by atoms with Crippen molar-refractivity contribution in [3.63, 3.8) is 0 Å². The topological polar surface area (TPSA) is 29.5 Å². The van der Waals surface area contributed by atoms with E-state index < -0.39 is 5.82 Å². The second kappa shape index (κ2) is 8.30. The molecule has 26 heavy (non-hydrogen) atoms. The van der Waals surface area contributed by atoms with Crippen LogP contribution in [0.3, 0.4) is 0 Å². The van der Waals surface area contributed by atoms with Crippen LogP contribution in [0.1, 0.15) is 10.4 Å². The van der Waals surface area contributed by atoms with Crippen LogP contribution in [0.2, 0.25) is 0 Å². The standard InChI is InChI=1S/C22H20FNO2/c1-24(15-16-26-21-10-6-5-9-20(21)23)22(25)19-13-11-18(12-14-19)17-7-3-2-4-8-17/h2-14H,15-16H2,1H3. The van der Waals surface area contributed by atoms with Crippen LogP contribution in [0.15, 0.2) is 78.9 Å². The van der Waals surface area contributed by atoms with Gasteiger partial charge in [-0.05, 0) is 35.4 Å². The molecule has 3 aromatic rings. The minimum atomic E-state index is -0.405. The quantitative estimate of drug-likeness (QED) is 0.649. The molecule has 0 aliphatic rings. The number of nitrogens with zero attached hydrogens (tertiary/aromatic N) is 1. The summed E-state index contributed by atoms with van der Waals surface area (Å²) in [6.07, 6.45) is 0. The zero-order chi connectivity index (χ0) is 18.4. The molecule has 132 valence electrons. The second-order valence-corrected chi connectivity index (χ2v) is 5.95. The van der Waals surface area contributed by atoms with E-state index >= 15 is 0 Å². The number of hydrogen-bond donors (Lipinski definition) is 0. The normalized spacial score (nSPS) is 10.4. The maximum absolute atomic E-state index is 13.5. The van der Waals surface area contributed by atoms with E-state index in [1.807, 2.05) is 54.6 Å². The van der Waals surface area contributed by atoms with Crippen LogP contribution < -0.4 is 4.74 Å². The van der Waals surface area contributed by atoms with Gasteiger partial charge in [-0.15, -0.1) is 0 Å². The Morgan fingerprint density at radius 3 is 2.19 bits per heavy atom. The number of carbonyl (C=O) groups excluding carboxylic acids is 1. The molecule has 0 atom stereocenters. The molecule has 1 amide bonds. The van der Waals surface area contributed by atoms with E-state index in [9.17, 15) is 9.18 Å². The molecule has 0 spiro atoms. The lowest BCUT2D eigenvalue weighted by Gasteiger charge is -2.18. The summed E-state index contributed by atoms with van der Waals surface area (Å²) < 4.78 is 18.9. The van der Waals surface area contributed by atoms with E-state index in [0.29, 0.717) is 12.1 Å². The lowest BCUT2D eigenvalue weighted by Crippen LogP contribution is -2.30. The van der Waals surface area contributed by atoms with Crippen molar-refractivity contribution in [2.75, 3.05) is 20.2 Å². The van der Waals surface area contributed by atoms with Gasteiger partial charge < -0.3 is 9.64 Å². The third-order valence-electron chi connectivity index (χ3n) is 4.11. The van der Waals surface area contributed by atoms with Gasteiger partial charge in [-0.2, -0.15) is 0 Å². The summed E-state index contributed by atoms with van der Waals surface area (Å²) in [4.78, 5) is 14.1. The highest BCUT2D eigenvalue weighted by Gasteiger charge is 2.12. The number of likely N-dealkylation sites (N-methyl/N-ethyl adjacent to an activating group) is 1. The van der Waals surface area contributed by atoms with Crippen LogP contribution >= 0.6 is 0 Å². The van der Waals surface area contributed by atoms with E-state index in [0.717, 1.165) is 11.1 Å². The Morgan fingerprint density at radius 1 is 0.885 bits per heavy atom. The first kappa shape index (κ1) is 17.7. The smallest absolute Gasteiger partial charge is 0.253 e. The van der Waals surface area contributed by atoms with Crippen molar-refractivity contribution in [1.82, 2.24) is 4.90 Å². The highest BCUT2D eigenvalue weighted by molar-refractivity contribution is 5.94. The van der Waals surface area contributed by atoms with Crippen molar-refractivity contribution in [1.29, 1.82) is 0 Å². The minimum absolute atomic E-state index is 0.0956. The van der Waals surface area contributed by atoms with Crippen molar-refractivity contribution in [2.24, 2.45) is 0 Å². The van der Waals surface area contributed by atoms with E-state index in [-0.39, 0.29) is 18.3 Å². The Balaban J connectivity index is 1.57. The molecule has 0 bridgehead atoms. The van der Waals surface area contributed by atoms with Crippen LogP contribution in [0.4, 0.5) is 4.39 Å². The van der Waals surface area contributed by atoms with Crippen LogP contribution in [0, 0.1) is 5.82 Å². The van der Waals surface area contributed by atoms with Gasteiger partial charge in [0.05, 0.1) is 6.54 Å². The van der Waals surface area contributed by atoms with Crippen molar-refractivity contribution < 1.29 is 13.9 Å². The Kier molecular flexibility index (Phi) is 5.64. The Morgan fingerprint density at radius 2 is 1.50 bits per heavy atom. The fraction of sp³-hybridized carbons (Fsp3) is 0.136. The molecule has 0 aliphatic heterocycles. The van der Waals surface area contributed by atoms with Gasteiger partial charge in [0, 0.05) is 12.6 Å². The molecule has 0 saturated carbocycles. The molecular weight excluding hydrogens is 329 g/mol. The number of carbonyl (C=O) groups is 1. The molecule has 3 rings (SSSR count). The van der Waals surface area contributed by atoms with Crippen molar-refractivity contribution in [3.05, 3.63) is 90.2 Å². The van der Waals surface area contributed by atoms with Gasteiger partial charge >= 0.3 is 0 Å². The maximum Gasteiger partial charge on any atom is 0.253 e. The third-order valence-corrected chi connectivity index (χ3v) is 4.11. The summed E-state index contributed by atoms with van der Waals surface area (Å²) in [7, 11) is 1.71. The first-order valence-corrected chi connectivity index (χ1v) is 8.43. The molecule has 0 N–H and O–H groups in total. The Bertz CT molecular complexity index is 863. The largest absolute Gasteiger partial charge is 0.489 e. The van der Waals surface area contributed by atoms with Gasteiger partial charge in [-0.25, -0.2) is 4.39 Å². The van der Waals surface area contributed by atoms with Gasteiger partial charge in [-0.1, -0.05) is 54.6 Å². The highest BCUT2D eigenvalue weighted by atomic mass is 19.1. The van der Waals surface area contributed by atoms with E-state index in [1.54, 1.807) is 30.1 Å². The van der Waals surface area contributed by atoms with Crippen molar-refractivity contribution in [2.45, 2.75) is 0 Å². The molecule has 0 aromatic heterocycles. The van der Waals surface area contributed by atoms with Crippen molar-refractivity contribution >= 4 is 5.91 Å². The molecule has 3 aromatic carbocycles. The van der Waals surface area contributed by atoms with Gasteiger partial charge in [0.15, 0.2) is 11.6 Å². The Labute approximate surface area is 152 Å². The van der Waals surface area contributed by atoms with Crippen LogP contribution in [0.5, 0.6) is 5.75 Å². The number of para-hydroxylation sites is 1. The highest BCUT2D eigenvalue weighted by Crippen LogP contribution is 2.20. The molecule has 4 heteroatoms. The molecule has 3 nitrogen and oxygen atoms in total. The summed E-state index contributed by atoms with van der Waals surface area (Å²) in [6.45, 7) is 0.596. The van der Waals surface area contributed by atoms with Gasteiger partial charge in [-0.3, -0.25) is 4.79 Å². The minimum Gasteiger partial charge on any atom is -0.489 e. The predicted octanol–water partition coefficient (Wildman–Crippen LogP) is 4.64. The zero-order valence-corrected chi connectivity index (χ0v) is 14.6. The number of halogens is 1. The third kappa shape index (κ3) is 4.28. The number of benzene rings is 3. The first-order valence-electron chi connectivity index (χ1n) is 8.43. The van der Waals surface area contributed by atoms with Crippen LogP contribution in [-0.4, -0.2) is 31.0 Å². The lowest BCUT2D eigenvalue weighted by atomic mass is 10.0. The molecule has 0 radical (unpaired) electrons. The number of ether oxygens (including phenoxy) is 1. The summed E-state index contributed by atoms with van der Waals surface area (Å²) in [5, 5.41) is 0. The lowest BCUT2D eigenvalue weighted by molar-refractivity contribution is 0.0773. The van der Waals surface area contributed by atoms with Gasteiger partial charge in [0.2, 0.25) is 0 Å². The van der Waals surface area contributed by atoms with Gasteiger partial charge in [0.25, 0.3) is 5.91 Å². The van der Waals surface area contributed by atoms with Gasteiger partial charge in [0.1, 0.15) is 6.61 Å². The summed E-state index contributed by atoms with van der Waals surface area (Å²) >= 11 is 0. The summed E-state index contributed by atoms with van der Waals surface area (Å²) in [5.74, 6) is -0.305. The van der Waals surface area contributed by atoms with E-state index in [1.165, 1.54) is 6.07 Å². The average Bonchev–Trinajstić information content (AvgIpc) is 2.69. The van der Waals surface area contributed by atoms with Crippen molar-refractivity contribution in [3.8, 4) is 16.9 Å². The molecular formula is C22H20FNO2. The average molecular weight is 349 g/mol. The molecule has 0 fully saturated rings. The molecule has 0 saturated heterocycles. The first-order chi connectivity index (χ1) is 12.6. The monoisotopic (exact) mass is 349 g/mol. The van der Waals surface area contributed by atoms with E-state index in [2.05, 4.69) is 0 Å². The molecule has 0 heterocycles. The fourth-order valence-electron chi connectivity index (χ4n) is 2.61. The number of hydrogen-bond acceptors (Lipinski definition) is 2. The maximum atomic E-state index is 13.5. The van der Waals surface area contributed by atoms with E-state index in [4.69, 9.17) is 4.74 Å². The molecule has 0 unspecified atom stereocenters. The predicted molar refractivity (Wildman–Crippen MR) is 101 cm³/mol. The Hall–Kier alpha value is -3.14. The SMILES string of the molecule is CN(CCOc1ccccc1F)C(=O)c1ccc(-c2ccccc2)cc1. The fourth-order valence-corrected chi connectivity index (χ4v) is 2.61. The zero-order valence-electron chi connectivity index (χ0n) is 14.6. The second-order valence-electron chi connectivity index (χ2n) is 5.95. The summed E-state index contributed by atoms with van der Waals surface area (Å²) in [5.41, 5.74) is 2.78.